The van der Waals surface area contributed by atoms with Crippen LogP contribution in [0.25, 0.3) is 0 Å². The Morgan fingerprint density at radius 3 is 1.65 bits per heavy atom. The molecule has 0 saturated heterocycles. The van der Waals surface area contributed by atoms with Crippen molar-refractivity contribution in [1.29, 1.82) is 0 Å². The number of nitrogens with one attached hydrogen (secondary N) is 2. The fourth-order valence-electron chi connectivity index (χ4n) is 1.98. The third-order valence-electron chi connectivity index (χ3n) is 3.34. The molecule has 0 atom stereocenters. The van der Waals surface area contributed by atoms with Gasteiger partial charge in [-0.15, -0.1) is 0 Å². The minimum atomic E-state index is -0.123. The number of likely N-dealkylation sites (N-methyl/N-ethyl adjacent to an activating group) is 1. The molecule has 0 bridgehead atoms. The number of hydrogen-bond acceptors (Lipinski definition) is 8. The molecule has 0 radical (unpaired) electrons. The summed E-state index contributed by atoms with van der Waals surface area (Å²) in [5.41, 5.74) is 0. The molecule has 0 rings (SSSR count). The molecule has 12 heteroatoms. The molecule has 26 heavy (non-hydrogen) atoms. The van der Waals surface area contributed by atoms with Gasteiger partial charge in [0, 0.05) is 45.8 Å². The first-order valence-electron chi connectivity index (χ1n) is 8.04. The summed E-state index contributed by atoms with van der Waals surface area (Å²) in [5, 5.41) is 5.52. The van der Waals surface area contributed by atoms with Crippen LogP contribution in [0, 0.1) is 0 Å². The molecule has 0 spiro atoms. The summed E-state index contributed by atoms with van der Waals surface area (Å²) < 4.78 is 0. The summed E-state index contributed by atoms with van der Waals surface area (Å²) in [6.45, 7) is 6.02. The van der Waals surface area contributed by atoms with E-state index in [1.165, 1.54) is 0 Å². The minimum absolute atomic E-state index is 0.00691. The number of carbonyl (C=O) groups excluding carboxylic acids is 3. The molecule has 0 saturated carbocycles. The largest absolute Gasteiger partial charge is 0.354 e. The SMILES string of the molecule is CCN(CCN(CCNC(=O)CS)CCNC(=O)CS)C(=O)CS.P=S. The van der Waals surface area contributed by atoms with Crippen LogP contribution < -0.4 is 10.6 Å². The zero-order valence-corrected chi connectivity index (χ0v) is 19.4. The highest BCUT2D eigenvalue weighted by Crippen LogP contribution is 1.95. The molecule has 152 valence electrons. The van der Waals surface area contributed by atoms with Gasteiger partial charge in [-0.2, -0.15) is 37.9 Å². The lowest BCUT2D eigenvalue weighted by Gasteiger charge is -2.27. The Kier molecular flexibility index (Phi) is 21.3. The average molecular weight is 461 g/mol. The van der Waals surface area contributed by atoms with Gasteiger partial charge in [0.2, 0.25) is 17.7 Å². The molecule has 2 N–H and O–H groups in total. The van der Waals surface area contributed by atoms with E-state index in [1.807, 2.05) is 6.92 Å². The van der Waals surface area contributed by atoms with Gasteiger partial charge in [-0.05, 0) is 14.9 Å². The Balaban J connectivity index is 0. The highest BCUT2D eigenvalue weighted by atomic mass is 32.4. The Morgan fingerprint density at radius 1 is 0.846 bits per heavy atom. The van der Waals surface area contributed by atoms with Crippen LogP contribution in [0.1, 0.15) is 6.92 Å². The van der Waals surface area contributed by atoms with Crippen LogP contribution in [0.15, 0.2) is 0 Å². The monoisotopic (exact) mass is 460 g/mol. The summed E-state index contributed by atoms with van der Waals surface area (Å²) in [6.07, 6.45) is 0. The third kappa shape index (κ3) is 15.0. The fraction of sp³-hybridized carbons (Fsp3) is 0.786. The first-order chi connectivity index (χ1) is 12.5. The summed E-state index contributed by atoms with van der Waals surface area (Å²) in [6, 6.07) is 0. The maximum Gasteiger partial charge on any atom is 0.232 e. The van der Waals surface area contributed by atoms with Crippen LogP contribution >= 0.6 is 45.9 Å². The molecule has 0 fully saturated rings. The topological polar surface area (TPSA) is 81.8 Å². The summed E-state index contributed by atoms with van der Waals surface area (Å²) in [7, 11) is 2.56. The number of thiol groups is 3. The van der Waals surface area contributed by atoms with E-state index in [1.54, 1.807) is 4.90 Å². The van der Waals surface area contributed by atoms with Crippen LogP contribution in [0.3, 0.4) is 0 Å². The first kappa shape index (κ1) is 28.2. The normalized spacial score (nSPS) is 9.88. The van der Waals surface area contributed by atoms with Crippen molar-refractivity contribution < 1.29 is 14.4 Å². The van der Waals surface area contributed by atoms with Crippen molar-refractivity contribution in [2.45, 2.75) is 6.92 Å². The van der Waals surface area contributed by atoms with Crippen molar-refractivity contribution in [2.24, 2.45) is 0 Å². The van der Waals surface area contributed by atoms with E-state index < -0.39 is 0 Å². The highest BCUT2D eigenvalue weighted by Gasteiger charge is 2.12. The maximum atomic E-state index is 11.7. The van der Waals surface area contributed by atoms with Gasteiger partial charge in [-0.3, -0.25) is 19.3 Å². The van der Waals surface area contributed by atoms with E-state index in [4.69, 9.17) is 0 Å². The van der Waals surface area contributed by atoms with Gasteiger partial charge in [-0.1, -0.05) is 11.8 Å². The lowest BCUT2D eigenvalue weighted by Crippen LogP contribution is -2.44. The molecule has 0 heterocycles. The maximum absolute atomic E-state index is 11.7. The second kappa shape index (κ2) is 19.7. The van der Waals surface area contributed by atoms with Crippen molar-refractivity contribution in [3.8, 4) is 0 Å². The molecule has 7 nitrogen and oxygen atoms in total. The average Bonchev–Trinajstić information content (AvgIpc) is 2.68. The Morgan fingerprint density at radius 2 is 1.31 bits per heavy atom. The van der Waals surface area contributed by atoms with E-state index in [0.29, 0.717) is 45.8 Å². The van der Waals surface area contributed by atoms with Crippen molar-refractivity contribution in [3.63, 3.8) is 0 Å². The molecular weight excluding hydrogens is 431 g/mol. The molecular formula is C14H29N4O3PS4. The number of nitrogens with zero attached hydrogens (tertiary/aromatic N) is 2. The predicted octanol–water partition coefficient (Wildman–Crippen LogP) is -0.250. The second-order valence-electron chi connectivity index (χ2n) is 4.99. The van der Waals surface area contributed by atoms with Crippen molar-refractivity contribution >= 4 is 75.4 Å². The van der Waals surface area contributed by atoms with Gasteiger partial charge in [-0.25, -0.2) is 0 Å². The zero-order valence-electron chi connectivity index (χ0n) is 14.9. The quantitative estimate of drug-likeness (QED) is 0.194. The van der Waals surface area contributed by atoms with Gasteiger partial charge in [0.05, 0.1) is 17.3 Å². The van der Waals surface area contributed by atoms with E-state index in [2.05, 4.69) is 73.2 Å². The smallest absolute Gasteiger partial charge is 0.232 e. The van der Waals surface area contributed by atoms with E-state index >= 15 is 0 Å². The van der Waals surface area contributed by atoms with Gasteiger partial charge < -0.3 is 15.5 Å². The van der Waals surface area contributed by atoms with Crippen LogP contribution in [-0.2, 0) is 26.2 Å². The second-order valence-corrected chi connectivity index (χ2v) is 5.94. The number of carbonyl (C=O) groups is 3. The van der Waals surface area contributed by atoms with E-state index in [9.17, 15) is 14.4 Å². The van der Waals surface area contributed by atoms with Crippen molar-refractivity contribution in [3.05, 3.63) is 0 Å². The molecule has 0 unspecified atom stereocenters. The van der Waals surface area contributed by atoms with Gasteiger partial charge in [0.15, 0.2) is 0 Å². The predicted molar refractivity (Wildman–Crippen MR) is 122 cm³/mol. The van der Waals surface area contributed by atoms with Crippen LogP contribution in [0.4, 0.5) is 0 Å². The first-order valence-corrected chi connectivity index (χ1v) is 11.6. The van der Waals surface area contributed by atoms with E-state index in [0.717, 1.165) is 0 Å². The standard InChI is InChI=1S/C14H28N4O3S3.HPS/c1-2-18(14(21)11-24)8-7-17(5-3-15-12(19)9-22)6-4-16-13(20)10-23;1-2/h22-24H,2-11H2,1H3,(H,15,19)(H,16,20);1H. The summed E-state index contributed by atoms with van der Waals surface area (Å²) >= 11 is 15.7. The Labute approximate surface area is 179 Å². The van der Waals surface area contributed by atoms with Gasteiger partial charge in [0.25, 0.3) is 0 Å². The van der Waals surface area contributed by atoms with Crippen molar-refractivity contribution in [1.82, 2.24) is 20.4 Å². The molecule has 0 aliphatic carbocycles. The lowest BCUT2D eigenvalue weighted by atomic mass is 10.3. The van der Waals surface area contributed by atoms with Crippen LogP contribution in [0.5, 0.6) is 0 Å². The van der Waals surface area contributed by atoms with Crippen molar-refractivity contribution in [2.75, 3.05) is 63.1 Å². The highest BCUT2D eigenvalue weighted by molar-refractivity contribution is 7.88. The summed E-state index contributed by atoms with van der Waals surface area (Å²) in [4.78, 5) is 38.1. The Hall–Kier alpha value is -0.0600. The number of rotatable bonds is 13. The molecule has 3 amide bonds. The molecule has 0 aliphatic heterocycles. The van der Waals surface area contributed by atoms with Gasteiger partial charge >= 0.3 is 0 Å². The summed E-state index contributed by atoms with van der Waals surface area (Å²) in [5.74, 6) is 0.233. The molecule has 0 aliphatic rings. The zero-order chi connectivity index (χ0) is 20.4. The van der Waals surface area contributed by atoms with Crippen LogP contribution in [-0.4, -0.2) is 90.6 Å². The lowest BCUT2D eigenvalue weighted by molar-refractivity contribution is -0.128. The number of hydrogen-bond donors (Lipinski definition) is 5. The Bertz CT molecular complexity index is 400. The molecule has 0 aromatic rings. The number of amides is 3. The van der Waals surface area contributed by atoms with Crippen LogP contribution in [0.2, 0.25) is 0 Å². The third-order valence-corrected chi connectivity index (χ3v) is 4.19. The molecule has 0 aromatic heterocycles. The fourth-order valence-corrected chi connectivity index (χ4v) is 2.40. The molecule has 0 aromatic carbocycles. The van der Waals surface area contributed by atoms with E-state index in [-0.39, 0.29) is 35.0 Å². The minimum Gasteiger partial charge on any atom is -0.354 e. The van der Waals surface area contributed by atoms with Gasteiger partial charge in [0.1, 0.15) is 0 Å².